The number of hydrogen-bond donors (Lipinski definition) is 1. The van der Waals surface area contributed by atoms with Crippen molar-refractivity contribution in [3.8, 4) is 0 Å². The van der Waals surface area contributed by atoms with Gasteiger partial charge in [-0.3, -0.25) is 0 Å². The van der Waals surface area contributed by atoms with E-state index in [0.29, 0.717) is 0 Å². The molecule has 0 amide bonds. The van der Waals surface area contributed by atoms with Gasteiger partial charge in [0, 0.05) is 6.42 Å². The van der Waals surface area contributed by atoms with Crippen LogP contribution >= 0.6 is 0 Å². The first-order chi connectivity index (χ1) is 6.90. The van der Waals surface area contributed by atoms with Crippen LogP contribution in [0.1, 0.15) is 18.7 Å². The van der Waals surface area contributed by atoms with Crippen LogP contribution in [0.5, 0.6) is 0 Å². The molecule has 0 aliphatic carbocycles. The number of aryl methyl sites for hydroxylation is 1. The standard InChI is InChI=1S/C11H14N2O/c12-8-4-3-7-11-13-9-5-1-2-6-10(9)14-11/h1-2,5-6H,3-4,7-8,12H2. The zero-order valence-electron chi connectivity index (χ0n) is 8.07. The maximum Gasteiger partial charge on any atom is 0.195 e. The Labute approximate surface area is 82.9 Å². The number of unbranched alkanes of at least 4 members (excludes halogenated alkanes) is 1. The number of hydrogen-bond acceptors (Lipinski definition) is 3. The number of fused-ring (bicyclic) bond motifs is 1. The second kappa shape index (κ2) is 4.24. The number of aromatic nitrogens is 1. The van der Waals surface area contributed by atoms with Gasteiger partial charge in [0.1, 0.15) is 5.52 Å². The Bertz CT molecular complexity index is 375. The van der Waals surface area contributed by atoms with E-state index in [0.717, 1.165) is 42.8 Å². The minimum absolute atomic E-state index is 0.736. The third-order valence-corrected chi connectivity index (χ3v) is 2.18. The van der Waals surface area contributed by atoms with Crippen molar-refractivity contribution in [3.63, 3.8) is 0 Å². The summed E-state index contributed by atoms with van der Waals surface area (Å²) in [4.78, 5) is 4.38. The molecule has 14 heavy (non-hydrogen) atoms. The fourth-order valence-corrected chi connectivity index (χ4v) is 1.45. The van der Waals surface area contributed by atoms with E-state index in [2.05, 4.69) is 4.98 Å². The molecule has 0 bridgehead atoms. The van der Waals surface area contributed by atoms with Gasteiger partial charge in [0.2, 0.25) is 0 Å². The molecule has 1 heterocycles. The average Bonchev–Trinajstić information content (AvgIpc) is 2.60. The van der Waals surface area contributed by atoms with Crippen LogP contribution in [0.2, 0.25) is 0 Å². The molecule has 74 valence electrons. The van der Waals surface area contributed by atoms with E-state index in [1.165, 1.54) is 0 Å². The van der Waals surface area contributed by atoms with Crippen molar-refractivity contribution in [2.24, 2.45) is 5.73 Å². The van der Waals surface area contributed by atoms with Gasteiger partial charge in [-0.05, 0) is 31.5 Å². The first-order valence-electron chi connectivity index (χ1n) is 4.94. The summed E-state index contributed by atoms with van der Waals surface area (Å²) in [5, 5.41) is 0. The number of nitrogens with zero attached hydrogens (tertiary/aromatic N) is 1. The SMILES string of the molecule is NCCCCc1nc2ccccc2o1. The van der Waals surface area contributed by atoms with Crippen LogP contribution in [0.4, 0.5) is 0 Å². The van der Waals surface area contributed by atoms with Crippen LogP contribution in [0, 0.1) is 0 Å². The van der Waals surface area contributed by atoms with Gasteiger partial charge < -0.3 is 10.2 Å². The highest BCUT2D eigenvalue weighted by atomic mass is 16.3. The zero-order chi connectivity index (χ0) is 9.80. The molecule has 3 heteroatoms. The van der Waals surface area contributed by atoms with Gasteiger partial charge in [-0.1, -0.05) is 12.1 Å². The zero-order valence-corrected chi connectivity index (χ0v) is 8.07. The Morgan fingerprint density at radius 3 is 2.86 bits per heavy atom. The molecule has 3 nitrogen and oxygen atoms in total. The van der Waals surface area contributed by atoms with E-state index in [4.69, 9.17) is 10.2 Å². The van der Waals surface area contributed by atoms with Gasteiger partial charge in [0.05, 0.1) is 0 Å². The molecule has 0 aliphatic rings. The van der Waals surface area contributed by atoms with Gasteiger partial charge in [-0.2, -0.15) is 0 Å². The molecule has 1 aromatic carbocycles. The molecule has 0 saturated heterocycles. The molecule has 0 fully saturated rings. The fourth-order valence-electron chi connectivity index (χ4n) is 1.45. The average molecular weight is 190 g/mol. The summed E-state index contributed by atoms with van der Waals surface area (Å²) >= 11 is 0. The van der Waals surface area contributed by atoms with Crippen molar-refractivity contribution >= 4 is 11.1 Å². The molecule has 0 aliphatic heterocycles. The first kappa shape index (κ1) is 9.21. The van der Waals surface area contributed by atoms with Gasteiger partial charge in [-0.15, -0.1) is 0 Å². The Hall–Kier alpha value is -1.35. The second-order valence-corrected chi connectivity index (χ2v) is 3.32. The fraction of sp³-hybridized carbons (Fsp3) is 0.364. The van der Waals surface area contributed by atoms with Crippen LogP contribution in [-0.4, -0.2) is 11.5 Å². The van der Waals surface area contributed by atoms with Crippen molar-refractivity contribution in [1.82, 2.24) is 4.98 Å². The number of nitrogens with two attached hydrogens (primary N) is 1. The van der Waals surface area contributed by atoms with Crippen LogP contribution in [0.25, 0.3) is 11.1 Å². The minimum atomic E-state index is 0.736. The maximum absolute atomic E-state index is 5.56. The quantitative estimate of drug-likeness (QED) is 0.751. The molecule has 0 radical (unpaired) electrons. The van der Waals surface area contributed by atoms with E-state index in [-0.39, 0.29) is 0 Å². The minimum Gasteiger partial charge on any atom is -0.441 e. The number of para-hydroxylation sites is 2. The van der Waals surface area contributed by atoms with Gasteiger partial charge >= 0.3 is 0 Å². The molecule has 0 unspecified atom stereocenters. The summed E-state index contributed by atoms with van der Waals surface area (Å²) in [6.07, 6.45) is 2.95. The van der Waals surface area contributed by atoms with E-state index in [1.54, 1.807) is 0 Å². The molecule has 0 saturated carbocycles. The Morgan fingerprint density at radius 2 is 2.07 bits per heavy atom. The summed E-state index contributed by atoms with van der Waals surface area (Å²) < 4.78 is 5.56. The van der Waals surface area contributed by atoms with Crippen molar-refractivity contribution in [1.29, 1.82) is 0 Å². The highest BCUT2D eigenvalue weighted by molar-refractivity contribution is 5.72. The second-order valence-electron chi connectivity index (χ2n) is 3.32. The summed E-state index contributed by atoms with van der Waals surface area (Å²) in [5.74, 6) is 0.819. The van der Waals surface area contributed by atoms with Crippen LogP contribution < -0.4 is 5.73 Å². The lowest BCUT2D eigenvalue weighted by atomic mass is 10.2. The maximum atomic E-state index is 5.56. The molecule has 1 aromatic heterocycles. The highest BCUT2D eigenvalue weighted by Crippen LogP contribution is 2.15. The van der Waals surface area contributed by atoms with Crippen LogP contribution in [0.3, 0.4) is 0 Å². The van der Waals surface area contributed by atoms with Gasteiger partial charge in [-0.25, -0.2) is 4.98 Å². The highest BCUT2D eigenvalue weighted by Gasteiger charge is 2.03. The number of oxazole rings is 1. The lowest BCUT2D eigenvalue weighted by Crippen LogP contribution is -1.98. The predicted octanol–water partition coefficient (Wildman–Crippen LogP) is 2.11. The van der Waals surface area contributed by atoms with Crippen LogP contribution in [-0.2, 0) is 6.42 Å². The lowest BCUT2D eigenvalue weighted by molar-refractivity contribution is 0.515. The Morgan fingerprint density at radius 1 is 1.21 bits per heavy atom. The largest absolute Gasteiger partial charge is 0.441 e. The molecule has 0 spiro atoms. The van der Waals surface area contributed by atoms with E-state index < -0.39 is 0 Å². The third-order valence-electron chi connectivity index (χ3n) is 2.18. The summed E-state index contributed by atoms with van der Waals surface area (Å²) in [7, 11) is 0. The van der Waals surface area contributed by atoms with Crippen molar-refractivity contribution in [3.05, 3.63) is 30.2 Å². The van der Waals surface area contributed by atoms with Crippen molar-refractivity contribution in [2.45, 2.75) is 19.3 Å². The lowest BCUT2D eigenvalue weighted by Gasteiger charge is -1.92. The Kier molecular flexibility index (Phi) is 2.79. The summed E-state index contributed by atoms with van der Waals surface area (Å²) in [6, 6.07) is 7.83. The monoisotopic (exact) mass is 190 g/mol. The van der Waals surface area contributed by atoms with Gasteiger partial charge in [0.25, 0.3) is 0 Å². The smallest absolute Gasteiger partial charge is 0.195 e. The summed E-state index contributed by atoms with van der Waals surface area (Å²) in [5.41, 5.74) is 7.23. The van der Waals surface area contributed by atoms with E-state index >= 15 is 0 Å². The molecule has 2 aromatic rings. The summed E-state index contributed by atoms with van der Waals surface area (Å²) in [6.45, 7) is 0.736. The topological polar surface area (TPSA) is 52.0 Å². The Balaban J connectivity index is 2.11. The third kappa shape index (κ3) is 1.93. The normalized spacial score (nSPS) is 10.9. The molecular formula is C11H14N2O. The molecule has 2 N–H and O–H groups in total. The number of rotatable bonds is 4. The predicted molar refractivity (Wildman–Crippen MR) is 56.0 cm³/mol. The van der Waals surface area contributed by atoms with Crippen LogP contribution in [0.15, 0.2) is 28.7 Å². The number of benzene rings is 1. The van der Waals surface area contributed by atoms with E-state index in [1.807, 2.05) is 24.3 Å². The molecule has 2 rings (SSSR count). The first-order valence-corrected chi connectivity index (χ1v) is 4.94. The van der Waals surface area contributed by atoms with Gasteiger partial charge in [0.15, 0.2) is 11.5 Å². The molecule has 0 atom stereocenters. The molecular weight excluding hydrogens is 176 g/mol. The van der Waals surface area contributed by atoms with Crippen molar-refractivity contribution < 1.29 is 4.42 Å². The van der Waals surface area contributed by atoms with E-state index in [9.17, 15) is 0 Å². The van der Waals surface area contributed by atoms with Crippen molar-refractivity contribution in [2.75, 3.05) is 6.54 Å².